The molecule has 1 aromatic heterocycles. The van der Waals surface area contributed by atoms with Crippen LogP contribution in [0.25, 0.3) is 0 Å². The molecule has 2 rings (SSSR count). The first-order valence-corrected chi connectivity index (χ1v) is 6.30. The zero-order valence-electron chi connectivity index (χ0n) is 10.4. The number of anilines is 1. The molecular weight excluding hydrogens is 285 g/mol. The molecule has 0 spiro atoms. The molecule has 0 bridgehead atoms. The number of nitrogens with zero attached hydrogens (tertiary/aromatic N) is 2. The predicted molar refractivity (Wildman–Crippen MR) is 75.9 cm³/mol. The van der Waals surface area contributed by atoms with E-state index in [1.807, 2.05) is 32.0 Å². The molecule has 1 amide bonds. The van der Waals surface area contributed by atoms with E-state index in [9.17, 15) is 4.79 Å². The molecule has 98 valence electrons. The molecule has 0 aliphatic heterocycles. The van der Waals surface area contributed by atoms with Gasteiger partial charge >= 0.3 is 0 Å². The van der Waals surface area contributed by atoms with Crippen LogP contribution >= 0.6 is 23.2 Å². The number of hydrogen-bond donors (Lipinski definition) is 1. The number of carbonyl (C=O) groups excluding carboxylic acids is 1. The highest BCUT2D eigenvalue weighted by atomic mass is 35.5. The summed E-state index contributed by atoms with van der Waals surface area (Å²) in [6.45, 7) is 3.98. The Kier molecular flexibility index (Phi) is 4.02. The number of benzene rings is 1. The molecule has 0 unspecified atom stereocenters. The van der Waals surface area contributed by atoms with Crippen LogP contribution in [0.5, 0.6) is 0 Å². The van der Waals surface area contributed by atoms with Crippen molar-refractivity contribution in [2.24, 2.45) is 0 Å². The van der Waals surface area contributed by atoms with Gasteiger partial charge in [-0.2, -0.15) is 0 Å². The van der Waals surface area contributed by atoms with Crippen LogP contribution in [-0.2, 0) is 0 Å². The maximum absolute atomic E-state index is 12.1. The number of amides is 1. The minimum absolute atomic E-state index is 0.0192. The first-order valence-electron chi connectivity index (χ1n) is 5.54. The first-order chi connectivity index (χ1) is 8.97. The van der Waals surface area contributed by atoms with Crippen LogP contribution in [0.2, 0.25) is 10.3 Å². The van der Waals surface area contributed by atoms with E-state index in [1.54, 1.807) is 0 Å². The fourth-order valence-electron chi connectivity index (χ4n) is 1.53. The van der Waals surface area contributed by atoms with Gasteiger partial charge in [-0.1, -0.05) is 29.3 Å². The number of rotatable bonds is 2. The van der Waals surface area contributed by atoms with Crippen LogP contribution < -0.4 is 5.32 Å². The summed E-state index contributed by atoms with van der Waals surface area (Å²) in [5.74, 6) is -0.370. The molecule has 0 radical (unpaired) electrons. The van der Waals surface area contributed by atoms with Crippen molar-refractivity contribution < 1.29 is 4.79 Å². The quantitative estimate of drug-likeness (QED) is 0.920. The van der Waals surface area contributed by atoms with Crippen molar-refractivity contribution in [1.82, 2.24) is 10.2 Å². The van der Waals surface area contributed by atoms with Gasteiger partial charge in [-0.3, -0.25) is 4.79 Å². The fourth-order valence-corrected chi connectivity index (χ4v) is 1.85. The van der Waals surface area contributed by atoms with Crippen LogP contribution in [0.3, 0.4) is 0 Å². The van der Waals surface area contributed by atoms with Gasteiger partial charge in [0.25, 0.3) is 5.91 Å². The van der Waals surface area contributed by atoms with Crippen LogP contribution in [0.15, 0.2) is 24.3 Å². The first kappa shape index (κ1) is 13.8. The van der Waals surface area contributed by atoms with Crippen LogP contribution in [-0.4, -0.2) is 16.1 Å². The second-order valence-corrected chi connectivity index (χ2v) is 4.87. The number of carbonyl (C=O) groups is 1. The molecule has 1 aromatic carbocycles. The fraction of sp³-hybridized carbons (Fsp3) is 0.154. The van der Waals surface area contributed by atoms with Gasteiger partial charge in [-0.25, -0.2) is 0 Å². The third-order valence-corrected chi connectivity index (χ3v) is 3.19. The molecule has 6 heteroatoms. The Hall–Kier alpha value is -1.65. The molecule has 0 saturated carbocycles. The Bertz CT molecular complexity index is 644. The molecule has 0 atom stereocenters. The van der Waals surface area contributed by atoms with Crippen LogP contribution in [0, 0.1) is 13.8 Å². The van der Waals surface area contributed by atoms with Crippen molar-refractivity contribution in [2.75, 3.05) is 5.32 Å². The largest absolute Gasteiger partial charge is 0.322 e. The molecule has 2 aromatic rings. The lowest BCUT2D eigenvalue weighted by molar-refractivity contribution is 0.102. The standard InChI is InChI=1S/C13H11Cl2N3O/c1-7-3-4-9(5-8(7)2)16-13(19)10-6-11(14)17-18-12(10)15/h3-6H,1-2H3,(H,16,19). The average molecular weight is 296 g/mol. The lowest BCUT2D eigenvalue weighted by Crippen LogP contribution is -2.13. The molecule has 4 nitrogen and oxygen atoms in total. The summed E-state index contributed by atoms with van der Waals surface area (Å²) in [5.41, 5.74) is 3.14. The summed E-state index contributed by atoms with van der Waals surface area (Å²) in [6.07, 6.45) is 0. The number of aromatic nitrogens is 2. The average Bonchev–Trinajstić information content (AvgIpc) is 2.36. The van der Waals surface area contributed by atoms with Crippen LogP contribution in [0.1, 0.15) is 21.5 Å². The van der Waals surface area contributed by atoms with Gasteiger partial charge in [0.15, 0.2) is 10.3 Å². The molecule has 0 aliphatic rings. The Morgan fingerprint density at radius 1 is 1.11 bits per heavy atom. The molecule has 1 N–H and O–H groups in total. The SMILES string of the molecule is Cc1ccc(NC(=O)c2cc(Cl)nnc2Cl)cc1C. The van der Waals surface area contributed by atoms with Gasteiger partial charge in [-0.15, -0.1) is 10.2 Å². The van der Waals surface area contributed by atoms with Crippen molar-refractivity contribution in [3.8, 4) is 0 Å². The smallest absolute Gasteiger partial charge is 0.258 e. The zero-order chi connectivity index (χ0) is 14.0. The number of hydrogen-bond acceptors (Lipinski definition) is 3. The van der Waals surface area contributed by atoms with E-state index in [1.165, 1.54) is 6.07 Å². The summed E-state index contributed by atoms with van der Waals surface area (Å²) in [5, 5.41) is 10.0. The predicted octanol–water partition coefficient (Wildman–Crippen LogP) is 3.65. The lowest BCUT2D eigenvalue weighted by atomic mass is 10.1. The summed E-state index contributed by atoms with van der Waals surface area (Å²) >= 11 is 11.5. The summed E-state index contributed by atoms with van der Waals surface area (Å²) in [6, 6.07) is 7.03. The Morgan fingerprint density at radius 3 is 2.53 bits per heavy atom. The maximum atomic E-state index is 12.1. The zero-order valence-corrected chi connectivity index (χ0v) is 11.9. The minimum atomic E-state index is -0.370. The van der Waals surface area contributed by atoms with Crippen molar-refractivity contribution in [3.05, 3.63) is 51.3 Å². The summed E-state index contributed by atoms with van der Waals surface area (Å²) in [7, 11) is 0. The van der Waals surface area contributed by atoms with Crippen molar-refractivity contribution in [1.29, 1.82) is 0 Å². The Morgan fingerprint density at radius 2 is 1.84 bits per heavy atom. The van der Waals surface area contributed by atoms with Gasteiger partial charge in [0.05, 0.1) is 5.56 Å². The van der Waals surface area contributed by atoms with E-state index in [2.05, 4.69) is 15.5 Å². The highest BCUT2D eigenvalue weighted by Gasteiger charge is 2.13. The van der Waals surface area contributed by atoms with E-state index >= 15 is 0 Å². The van der Waals surface area contributed by atoms with E-state index in [0.29, 0.717) is 5.69 Å². The van der Waals surface area contributed by atoms with Gasteiger partial charge in [0, 0.05) is 5.69 Å². The van der Waals surface area contributed by atoms with Gasteiger partial charge in [0.2, 0.25) is 0 Å². The highest BCUT2D eigenvalue weighted by Crippen LogP contribution is 2.19. The van der Waals surface area contributed by atoms with E-state index < -0.39 is 0 Å². The summed E-state index contributed by atoms with van der Waals surface area (Å²) in [4.78, 5) is 12.1. The van der Waals surface area contributed by atoms with E-state index in [-0.39, 0.29) is 21.8 Å². The maximum Gasteiger partial charge on any atom is 0.258 e. The highest BCUT2D eigenvalue weighted by molar-refractivity contribution is 6.34. The summed E-state index contributed by atoms with van der Waals surface area (Å²) < 4.78 is 0. The van der Waals surface area contributed by atoms with Gasteiger partial charge < -0.3 is 5.32 Å². The monoisotopic (exact) mass is 295 g/mol. The molecular formula is C13H11Cl2N3O. The normalized spacial score (nSPS) is 10.3. The third-order valence-electron chi connectivity index (χ3n) is 2.73. The molecule has 0 aliphatic carbocycles. The second-order valence-electron chi connectivity index (χ2n) is 4.12. The van der Waals surface area contributed by atoms with E-state index in [4.69, 9.17) is 23.2 Å². The Labute approximate surface area is 120 Å². The number of nitrogens with one attached hydrogen (secondary N) is 1. The topological polar surface area (TPSA) is 54.9 Å². The van der Waals surface area contributed by atoms with Crippen molar-refractivity contribution >= 4 is 34.8 Å². The van der Waals surface area contributed by atoms with Crippen molar-refractivity contribution in [2.45, 2.75) is 13.8 Å². The second kappa shape index (κ2) is 5.55. The minimum Gasteiger partial charge on any atom is -0.322 e. The third kappa shape index (κ3) is 3.22. The van der Waals surface area contributed by atoms with Crippen LogP contribution in [0.4, 0.5) is 5.69 Å². The number of halogens is 2. The molecule has 1 heterocycles. The Balaban J connectivity index is 2.25. The van der Waals surface area contributed by atoms with Crippen molar-refractivity contribution in [3.63, 3.8) is 0 Å². The van der Waals surface area contributed by atoms with Gasteiger partial charge in [0.1, 0.15) is 0 Å². The van der Waals surface area contributed by atoms with E-state index in [0.717, 1.165) is 11.1 Å². The number of aryl methyl sites for hydroxylation is 2. The van der Waals surface area contributed by atoms with Gasteiger partial charge in [-0.05, 0) is 43.2 Å². The molecule has 0 fully saturated rings. The molecule has 0 saturated heterocycles. The molecule has 19 heavy (non-hydrogen) atoms. The lowest BCUT2D eigenvalue weighted by Gasteiger charge is -2.08.